The lowest BCUT2D eigenvalue weighted by Gasteiger charge is -2.13. The summed E-state index contributed by atoms with van der Waals surface area (Å²) in [5.41, 5.74) is 1.11. The van der Waals surface area contributed by atoms with Crippen molar-refractivity contribution < 1.29 is 19.1 Å². The fourth-order valence-corrected chi connectivity index (χ4v) is 2.35. The molecule has 2 rings (SSSR count). The number of nitrogens with zero attached hydrogens (tertiary/aromatic N) is 1. The number of esters is 1. The Hall–Kier alpha value is -2.41. The molecule has 1 aromatic carbocycles. The molecule has 0 bridgehead atoms. The summed E-state index contributed by atoms with van der Waals surface area (Å²) < 4.78 is 10.1. The number of nitrogens with one attached hydrogen (secondary N) is 1. The fourth-order valence-electron chi connectivity index (χ4n) is 1.61. The molecule has 6 nitrogen and oxygen atoms in total. The highest BCUT2D eigenvalue weighted by Crippen LogP contribution is 2.19. The van der Waals surface area contributed by atoms with Crippen LogP contribution >= 0.6 is 11.3 Å². The average molecular weight is 320 g/mol. The first-order valence-electron chi connectivity index (χ1n) is 6.58. The second-order valence-corrected chi connectivity index (χ2v) is 5.61. The second-order valence-electron chi connectivity index (χ2n) is 4.58. The van der Waals surface area contributed by atoms with Crippen LogP contribution in [0.15, 0.2) is 30.5 Å². The largest absolute Gasteiger partial charge is 0.481 e. The van der Waals surface area contributed by atoms with Crippen molar-refractivity contribution in [2.75, 3.05) is 12.4 Å². The Bertz CT molecular complexity index is 666. The first kappa shape index (κ1) is 16.0. The smallest absolute Gasteiger partial charge is 0.349 e. The van der Waals surface area contributed by atoms with Gasteiger partial charge in [-0.05, 0) is 26.0 Å². The average Bonchev–Trinajstić information content (AvgIpc) is 2.97. The third-order valence-corrected chi connectivity index (χ3v) is 3.72. The van der Waals surface area contributed by atoms with E-state index in [1.54, 1.807) is 19.1 Å². The Labute approximate surface area is 132 Å². The predicted molar refractivity (Wildman–Crippen MR) is 83.4 cm³/mol. The summed E-state index contributed by atoms with van der Waals surface area (Å²) >= 11 is 1.05. The van der Waals surface area contributed by atoms with Crippen LogP contribution in [-0.2, 0) is 9.53 Å². The minimum absolute atomic E-state index is 0.324. The van der Waals surface area contributed by atoms with Gasteiger partial charge in [-0.3, -0.25) is 10.1 Å². The topological polar surface area (TPSA) is 77.5 Å². The van der Waals surface area contributed by atoms with Crippen LogP contribution in [0.25, 0.3) is 0 Å². The predicted octanol–water partition coefficient (Wildman–Crippen LogP) is 2.64. The highest BCUT2D eigenvalue weighted by atomic mass is 32.1. The van der Waals surface area contributed by atoms with Crippen molar-refractivity contribution in [2.45, 2.75) is 20.0 Å². The van der Waals surface area contributed by atoms with Gasteiger partial charge in [-0.1, -0.05) is 29.0 Å². The van der Waals surface area contributed by atoms with Crippen molar-refractivity contribution >= 4 is 28.3 Å². The summed E-state index contributed by atoms with van der Waals surface area (Å²) in [7, 11) is 1.29. The quantitative estimate of drug-likeness (QED) is 0.857. The number of hydrogen-bond acceptors (Lipinski definition) is 6. The Balaban J connectivity index is 1.94. The van der Waals surface area contributed by atoms with Crippen LogP contribution in [0.1, 0.15) is 22.2 Å². The van der Waals surface area contributed by atoms with E-state index in [4.69, 9.17) is 4.74 Å². The number of hydrogen-bond donors (Lipinski definition) is 1. The van der Waals surface area contributed by atoms with Gasteiger partial charge in [0.15, 0.2) is 11.2 Å². The Morgan fingerprint density at radius 1 is 1.27 bits per heavy atom. The third kappa shape index (κ3) is 4.05. The minimum atomic E-state index is -0.687. The molecule has 0 saturated heterocycles. The molecular weight excluding hydrogens is 304 g/mol. The van der Waals surface area contributed by atoms with Gasteiger partial charge < -0.3 is 9.47 Å². The minimum Gasteiger partial charge on any atom is -0.481 e. The van der Waals surface area contributed by atoms with Gasteiger partial charge in [0.2, 0.25) is 0 Å². The van der Waals surface area contributed by atoms with E-state index < -0.39 is 12.1 Å². The highest BCUT2D eigenvalue weighted by molar-refractivity contribution is 7.17. The molecule has 116 valence electrons. The molecule has 7 heteroatoms. The molecule has 0 unspecified atom stereocenters. The lowest BCUT2D eigenvalue weighted by molar-refractivity contribution is -0.122. The highest BCUT2D eigenvalue weighted by Gasteiger charge is 2.18. The van der Waals surface area contributed by atoms with E-state index in [0.29, 0.717) is 15.8 Å². The number of methoxy groups -OCH3 is 1. The lowest BCUT2D eigenvalue weighted by Crippen LogP contribution is -2.30. The molecule has 0 spiro atoms. The number of carbonyl (C=O) groups excluding carboxylic acids is 2. The van der Waals surface area contributed by atoms with Gasteiger partial charge in [-0.2, -0.15) is 0 Å². The van der Waals surface area contributed by atoms with E-state index in [9.17, 15) is 9.59 Å². The van der Waals surface area contributed by atoms with Gasteiger partial charge in [-0.25, -0.2) is 9.78 Å². The zero-order valence-electron chi connectivity index (χ0n) is 12.5. The first-order valence-corrected chi connectivity index (χ1v) is 7.39. The zero-order valence-corrected chi connectivity index (χ0v) is 13.3. The maximum absolute atomic E-state index is 12.0. The van der Waals surface area contributed by atoms with Gasteiger partial charge in [0.1, 0.15) is 10.6 Å². The molecular formula is C15H16N2O4S. The Kier molecular flexibility index (Phi) is 5.11. The summed E-state index contributed by atoms with van der Waals surface area (Å²) in [6.45, 7) is 3.62. The molecule has 1 aromatic heterocycles. The van der Waals surface area contributed by atoms with Gasteiger partial charge in [0.05, 0.1) is 13.3 Å². The van der Waals surface area contributed by atoms with Gasteiger partial charge in [0.25, 0.3) is 5.91 Å². The summed E-state index contributed by atoms with van der Waals surface area (Å²) in [6, 6.07) is 7.42. The normalized spacial score (nSPS) is 11.6. The number of carbonyl (C=O) groups is 2. The number of anilines is 1. The van der Waals surface area contributed by atoms with Gasteiger partial charge in [0, 0.05) is 0 Å². The molecule has 0 aliphatic heterocycles. The molecule has 0 aliphatic rings. The SMILES string of the molecule is COC(=O)c1cnc(NC(=O)[C@@H](C)Oc2ccc(C)cc2)s1. The van der Waals surface area contributed by atoms with Crippen LogP contribution in [0.4, 0.5) is 5.13 Å². The number of thiazole rings is 1. The van der Waals surface area contributed by atoms with Crippen LogP contribution in [0.5, 0.6) is 5.75 Å². The lowest BCUT2D eigenvalue weighted by atomic mass is 10.2. The van der Waals surface area contributed by atoms with E-state index in [0.717, 1.165) is 16.9 Å². The van der Waals surface area contributed by atoms with Crippen LogP contribution < -0.4 is 10.1 Å². The number of aryl methyl sites for hydroxylation is 1. The van der Waals surface area contributed by atoms with Crippen molar-refractivity contribution in [2.24, 2.45) is 0 Å². The fraction of sp³-hybridized carbons (Fsp3) is 0.267. The molecule has 1 amide bonds. The summed E-state index contributed by atoms with van der Waals surface area (Å²) in [6.07, 6.45) is 0.672. The number of ether oxygens (including phenoxy) is 2. The van der Waals surface area contributed by atoms with Gasteiger partial charge >= 0.3 is 5.97 Å². The maximum atomic E-state index is 12.0. The van der Waals surface area contributed by atoms with E-state index in [-0.39, 0.29) is 5.91 Å². The Morgan fingerprint density at radius 2 is 1.95 bits per heavy atom. The van der Waals surface area contributed by atoms with E-state index in [1.807, 2.05) is 19.1 Å². The van der Waals surface area contributed by atoms with Crippen LogP contribution in [-0.4, -0.2) is 30.1 Å². The summed E-state index contributed by atoms with van der Waals surface area (Å²) in [5, 5.41) is 2.93. The number of benzene rings is 1. The molecule has 1 heterocycles. The molecule has 0 aliphatic carbocycles. The second kappa shape index (κ2) is 7.04. The third-order valence-electron chi connectivity index (χ3n) is 2.83. The van der Waals surface area contributed by atoms with Crippen molar-refractivity contribution in [1.82, 2.24) is 4.98 Å². The van der Waals surface area contributed by atoms with E-state index in [1.165, 1.54) is 13.3 Å². The standard InChI is InChI=1S/C15H16N2O4S/c1-9-4-6-11(7-5-9)21-10(2)13(18)17-15-16-8-12(22-15)14(19)20-3/h4-8,10H,1-3H3,(H,16,17,18)/t10-/m1/s1. The van der Waals surface area contributed by atoms with Crippen molar-refractivity contribution in [1.29, 1.82) is 0 Å². The van der Waals surface area contributed by atoms with E-state index >= 15 is 0 Å². The number of aromatic nitrogens is 1. The van der Waals surface area contributed by atoms with Gasteiger partial charge in [-0.15, -0.1) is 0 Å². The molecule has 0 saturated carbocycles. The maximum Gasteiger partial charge on any atom is 0.349 e. The van der Waals surface area contributed by atoms with Crippen molar-refractivity contribution in [3.05, 3.63) is 40.9 Å². The number of rotatable bonds is 5. The monoisotopic (exact) mass is 320 g/mol. The zero-order chi connectivity index (χ0) is 16.1. The molecule has 2 aromatic rings. The van der Waals surface area contributed by atoms with E-state index in [2.05, 4.69) is 15.0 Å². The summed E-state index contributed by atoms with van der Waals surface area (Å²) in [4.78, 5) is 27.7. The van der Waals surface area contributed by atoms with Crippen LogP contribution in [0, 0.1) is 6.92 Å². The Morgan fingerprint density at radius 3 is 2.59 bits per heavy atom. The first-order chi connectivity index (χ1) is 10.5. The van der Waals surface area contributed by atoms with Crippen LogP contribution in [0.3, 0.4) is 0 Å². The molecule has 0 fully saturated rings. The van der Waals surface area contributed by atoms with Crippen molar-refractivity contribution in [3.8, 4) is 5.75 Å². The molecule has 22 heavy (non-hydrogen) atoms. The molecule has 0 radical (unpaired) electrons. The summed E-state index contributed by atoms with van der Waals surface area (Å²) in [5.74, 6) is -0.212. The number of amides is 1. The molecule has 1 atom stereocenters. The van der Waals surface area contributed by atoms with Crippen LogP contribution in [0.2, 0.25) is 0 Å². The van der Waals surface area contributed by atoms with Crippen molar-refractivity contribution in [3.63, 3.8) is 0 Å². The molecule has 1 N–H and O–H groups in total.